The molecule has 0 aromatic carbocycles. The first-order valence-corrected chi connectivity index (χ1v) is 16.8. The molecule has 0 aromatic rings. The molecule has 0 radical (unpaired) electrons. The SMILES string of the molecule is CC(C)(C[C@@H]1C/C(=C\CP=O)C[C@@H](O[Si](C)(C)C(C)(C)C)C1)[Si](C)(C)O. The van der Waals surface area contributed by atoms with E-state index in [0.717, 1.165) is 25.7 Å². The van der Waals surface area contributed by atoms with Crippen molar-refractivity contribution in [1.29, 1.82) is 0 Å². The summed E-state index contributed by atoms with van der Waals surface area (Å²) in [4.78, 5) is 10.7. The Kier molecular flexibility index (Phi) is 8.10. The van der Waals surface area contributed by atoms with Crippen LogP contribution < -0.4 is 0 Å². The first kappa shape index (κ1) is 24.2. The Balaban J connectivity index is 2.98. The maximum absolute atomic E-state index is 10.9. The summed E-state index contributed by atoms with van der Waals surface area (Å²) in [6.45, 7) is 20.0. The molecular formula is C20H41O3PSi2. The maximum atomic E-state index is 10.9. The van der Waals surface area contributed by atoms with E-state index in [1.807, 2.05) is 13.1 Å². The van der Waals surface area contributed by atoms with E-state index in [4.69, 9.17) is 4.43 Å². The second-order valence-corrected chi connectivity index (χ2v) is 20.7. The standard InChI is InChI=1S/C20H41O3PSi2/c1-19(2,3)26(8,9)23-18-13-16(10-11-24-21)12-17(14-18)15-20(4,5)25(6,7)22/h10,17-18,22H,11-15H2,1-9H3/b16-10+/t17-,18-/m1/s1. The highest BCUT2D eigenvalue weighted by Crippen LogP contribution is 2.47. The molecule has 0 saturated heterocycles. The molecule has 1 fully saturated rings. The zero-order valence-corrected chi connectivity index (χ0v) is 21.4. The molecular weight excluding hydrogens is 375 g/mol. The van der Waals surface area contributed by atoms with Gasteiger partial charge >= 0.3 is 0 Å². The van der Waals surface area contributed by atoms with E-state index in [2.05, 4.69) is 53.8 Å². The van der Waals surface area contributed by atoms with Gasteiger partial charge in [0.1, 0.15) is 0 Å². The van der Waals surface area contributed by atoms with Crippen molar-refractivity contribution in [3.63, 3.8) is 0 Å². The summed E-state index contributed by atoms with van der Waals surface area (Å²) in [6, 6.07) is 0. The fourth-order valence-corrected chi connectivity index (χ4v) is 5.92. The lowest BCUT2D eigenvalue weighted by atomic mass is 9.79. The van der Waals surface area contributed by atoms with Crippen LogP contribution in [0.25, 0.3) is 0 Å². The topological polar surface area (TPSA) is 46.5 Å². The molecule has 1 saturated carbocycles. The third-order valence-corrected chi connectivity index (χ3v) is 15.2. The van der Waals surface area contributed by atoms with Crippen LogP contribution in [-0.2, 0) is 8.99 Å². The van der Waals surface area contributed by atoms with Gasteiger partial charge in [-0.15, -0.1) is 0 Å². The molecule has 0 aromatic heterocycles. The Morgan fingerprint density at radius 1 is 1.15 bits per heavy atom. The average Bonchev–Trinajstić information content (AvgIpc) is 2.41. The quantitative estimate of drug-likeness (QED) is 0.283. The molecule has 2 atom stereocenters. The summed E-state index contributed by atoms with van der Waals surface area (Å²) in [6.07, 6.45) is 7.14. The van der Waals surface area contributed by atoms with Gasteiger partial charge in [-0.25, -0.2) is 0 Å². The Hall–Kier alpha value is 0.194. The van der Waals surface area contributed by atoms with Gasteiger partial charge in [0.25, 0.3) is 0 Å². The van der Waals surface area contributed by atoms with Crippen molar-refractivity contribution in [2.45, 2.75) is 103 Å². The van der Waals surface area contributed by atoms with Crippen LogP contribution in [0.2, 0.25) is 36.3 Å². The highest BCUT2D eigenvalue weighted by molar-refractivity contribution is 7.23. The summed E-state index contributed by atoms with van der Waals surface area (Å²) in [5, 5.41) is 0.190. The average molecular weight is 417 g/mol. The predicted molar refractivity (Wildman–Crippen MR) is 118 cm³/mol. The fourth-order valence-electron chi connectivity index (χ4n) is 3.43. The van der Waals surface area contributed by atoms with Gasteiger partial charge < -0.3 is 9.22 Å². The van der Waals surface area contributed by atoms with Crippen molar-refractivity contribution in [1.82, 2.24) is 0 Å². The predicted octanol–water partition coefficient (Wildman–Crippen LogP) is 6.76. The summed E-state index contributed by atoms with van der Waals surface area (Å²) in [5.74, 6) is 0.530. The Morgan fingerprint density at radius 3 is 2.19 bits per heavy atom. The van der Waals surface area contributed by atoms with Crippen LogP contribution in [0.15, 0.2) is 11.6 Å². The lowest BCUT2D eigenvalue weighted by Gasteiger charge is -2.44. The molecule has 1 aliphatic carbocycles. The van der Waals surface area contributed by atoms with Crippen molar-refractivity contribution < 1.29 is 13.8 Å². The van der Waals surface area contributed by atoms with Crippen LogP contribution in [0.4, 0.5) is 0 Å². The summed E-state index contributed by atoms with van der Waals surface area (Å²) in [7, 11) is -3.84. The third-order valence-electron chi connectivity index (χ3n) is 6.81. The minimum absolute atomic E-state index is 0.0155. The Labute approximate surface area is 165 Å². The fraction of sp³-hybridized carbons (Fsp3) is 0.900. The number of hydrogen-bond acceptors (Lipinski definition) is 3. The second-order valence-electron chi connectivity index (χ2n) is 10.8. The molecule has 0 aliphatic heterocycles. The second kappa shape index (κ2) is 8.69. The van der Waals surface area contributed by atoms with E-state index < -0.39 is 16.6 Å². The van der Waals surface area contributed by atoms with Gasteiger partial charge in [0.15, 0.2) is 25.1 Å². The van der Waals surface area contributed by atoms with Crippen molar-refractivity contribution in [2.75, 3.05) is 6.16 Å². The zero-order valence-electron chi connectivity index (χ0n) is 18.5. The number of hydrogen-bond donors (Lipinski definition) is 1. The van der Waals surface area contributed by atoms with Crippen molar-refractivity contribution >= 4 is 25.1 Å². The van der Waals surface area contributed by atoms with E-state index in [1.54, 1.807) is 0 Å². The van der Waals surface area contributed by atoms with Crippen molar-refractivity contribution in [3.05, 3.63) is 11.6 Å². The summed E-state index contributed by atoms with van der Waals surface area (Å²) in [5.41, 5.74) is 1.39. The van der Waals surface area contributed by atoms with Crippen LogP contribution >= 0.6 is 8.46 Å². The molecule has 0 heterocycles. The molecule has 6 heteroatoms. The molecule has 0 unspecified atom stereocenters. The Morgan fingerprint density at radius 2 is 1.73 bits per heavy atom. The van der Waals surface area contributed by atoms with E-state index >= 15 is 0 Å². The monoisotopic (exact) mass is 416 g/mol. The van der Waals surface area contributed by atoms with Gasteiger partial charge in [-0.1, -0.05) is 46.3 Å². The molecule has 0 bridgehead atoms. The van der Waals surface area contributed by atoms with Crippen LogP contribution in [0.5, 0.6) is 0 Å². The molecule has 26 heavy (non-hydrogen) atoms. The molecule has 0 amide bonds. The summed E-state index contributed by atoms with van der Waals surface area (Å²) >= 11 is 0. The summed E-state index contributed by atoms with van der Waals surface area (Å²) < 4.78 is 17.7. The zero-order chi connectivity index (χ0) is 20.4. The molecule has 3 nitrogen and oxygen atoms in total. The van der Waals surface area contributed by atoms with Gasteiger partial charge in [0, 0.05) is 12.3 Å². The van der Waals surface area contributed by atoms with E-state index in [0.29, 0.717) is 12.1 Å². The minimum Gasteiger partial charge on any atom is -0.432 e. The first-order valence-electron chi connectivity index (χ1n) is 9.96. The van der Waals surface area contributed by atoms with Gasteiger partial charge in [0.05, 0.1) is 0 Å². The lowest BCUT2D eigenvalue weighted by Crippen LogP contribution is -2.46. The van der Waals surface area contributed by atoms with Crippen molar-refractivity contribution in [3.8, 4) is 0 Å². The van der Waals surface area contributed by atoms with Crippen molar-refractivity contribution in [2.24, 2.45) is 5.92 Å². The molecule has 152 valence electrons. The van der Waals surface area contributed by atoms with E-state index in [-0.39, 0.29) is 24.6 Å². The Bertz CT molecular complexity index is 478. The van der Waals surface area contributed by atoms with Gasteiger partial charge in [-0.05, 0) is 67.9 Å². The number of allylic oxidation sites excluding steroid dienone is 1. The van der Waals surface area contributed by atoms with Crippen LogP contribution in [0.3, 0.4) is 0 Å². The van der Waals surface area contributed by atoms with Gasteiger partial charge in [-0.3, -0.25) is 4.57 Å². The van der Waals surface area contributed by atoms with Crippen LogP contribution in [-0.4, -0.2) is 33.7 Å². The largest absolute Gasteiger partial charge is 0.432 e. The van der Waals surface area contributed by atoms with Crippen LogP contribution in [0, 0.1) is 5.92 Å². The van der Waals surface area contributed by atoms with E-state index in [9.17, 15) is 9.36 Å². The van der Waals surface area contributed by atoms with Crippen LogP contribution in [0.1, 0.15) is 60.3 Å². The third kappa shape index (κ3) is 6.66. The van der Waals surface area contributed by atoms with Gasteiger partial charge in [0.2, 0.25) is 0 Å². The smallest absolute Gasteiger partial charge is 0.192 e. The maximum Gasteiger partial charge on any atom is 0.192 e. The molecule has 1 rings (SSSR count). The highest BCUT2D eigenvalue weighted by Gasteiger charge is 2.43. The molecule has 1 aliphatic rings. The van der Waals surface area contributed by atoms with E-state index in [1.165, 1.54) is 5.57 Å². The minimum atomic E-state index is -2.22. The normalized spacial score (nSPS) is 25.1. The first-order chi connectivity index (χ1) is 11.6. The molecule has 0 spiro atoms. The molecule has 1 N–H and O–H groups in total. The lowest BCUT2D eigenvalue weighted by molar-refractivity contribution is 0.123. The highest BCUT2D eigenvalue weighted by atomic mass is 31.1. The van der Waals surface area contributed by atoms with Gasteiger partial charge in [-0.2, -0.15) is 0 Å². The number of rotatable bonds is 7.